The summed E-state index contributed by atoms with van der Waals surface area (Å²) in [6.45, 7) is 6.70. The topological polar surface area (TPSA) is 84.5 Å². The second-order valence-electron chi connectivity index (χ2n) is 8.69. The van der Waals surface area contributed by atoms with Gasteiger partial charge in [0, 0.05) is 6.42 Å². The van der Waals surface area contributed by atoms with E-state index in [9.17, 15) is 14.4 Å². The van der Waals surface area contributed by atoms with Crippen molar-refractivity contribution in [1.29, 1.82) is 0 Å². The predicted molar refractivity (Wildman–Crippen MR) is 115 cm³/mol. The van der Waals surface area contributed by atoms with Gasteiger partial charge in [0.05, 0.1) is 6.61 Å². The van der Waals surface area contributed by atoms with Crippen LogP contribution in [0.4, 0.5) is 0 Å². The molecule has 0 spiro atoms. The van der Waals surface area contributed by atoms with Crippen LogP contribution in [0.1, 0.15) is 104 Å². The van der Waals surface area contributed by atoms with E-state index in [1.807, 2.05) is 13.8 Å². The highest BCUT2D eigenvalue weighted by Gasteiger charge is 2.33. The zero-order chi connectivity index (χ0) is 21.5. The number of hydrogen-bond donors (Lipinski definition) is 2. The summed E-state index contributed by atoms with van der Waals surface area (Å²) < 4.78 is 5.26. The molecule has 1 aliphatic heterocycles. The molecule has 168 valence electrons. The van der Waals surface area contributed by atoms with E-state index in [0.717, 1.165) is 12.8 Å². The molecule has 0 aromatic carbocycles. The molecular weight excluding hydrogens is 368 g/mol. The summed E-state index contributed by atoms with van der Waals surface area (Å²) in [5.41, 5.74) is 0. The van der Waals surface area contributed by atoms with E-state index in [1.54, 1.807) is 0 Å². The normalized spacial score (nSPS) is 19.2. The number of unbranched alkanes of at least 4 members (excludes halogenated alkanes) is 9. The van der Waals surface area contributed by atoms with Crippen molar-refractivity contribution in [2.75, 3.05) is 6.61 Å². The number of piperazine rings is 1. The fourth-order valence-corrected chi connectivity index (χ4v) is 3.63. The SMILES string of the molecule is CCCCCCCCCCCCOC(=O)CC[C@@H]1NC(=O)[C@H](CC(C)C)NC1=O. The zero-order valence-electron chi connectivity index (χ0n) is 18.8. The Morgan fingerprint density at radius 2 is 1.38 bits per heavy atom. The molecule has 2 amide bonds. The number of carbonyl (C=O) groups is 3. The van der Waals surface area contributed by atoms with Crippen LogP contribution in [0.25, 0.3) is 0 Å². The Morgan fingerprint density at radius 3 is 1.97 bits per heavy atom. The third-order valence-electron chi connectivity index (χ3n) is 5.37. The van der Waals surface area contributed by atoms with Crippen LogP contribution in [-0.4, -0.2) is 36.5 Å². The van der Waals surface area contributed by atoms with E-state index in [-0.39, 0.29) is 30.6 Å². The Bertz CT molecular complexity index is 493. The molecule has 1 saturated heterocycles. The maximum atomic E-state index is 12.1. The number of hydrogen-bond acceptors (Lipinski definition) is 4. The lowest BCUT2D eigenvalue weighted by Crippen LogP contribution is -2.61. The van der Waals surface area contributed by atoms with Crippen molar-refractivity contribution in [1.82, 2.24) is 10.6 Å². The van der Waals surface area contributed by atoms with Crippen LogP contribution in [0.15, 0.2) is 0 Å². The Balaban J connectivity index is 2.03. The molecule has 6 nitrogen and oxygen atoms in total. The van der Waals surface area contributed by atoms with Gasteiger partial charge in [-0.2, -0.15) is 0 Å². The molecular formula is C23H42N2O4. The Kier molecular flexibility index (Phi) is 13.4. The van der Waals surface area contributed by atoms with Crippen LogP contribution in [-0.2, 0) is 19.1 Å². The maximum absolute atomic E-state index is 12.1. The molecule has 1 rings (SSSR count). The molecule has 0 radical (unpaired) electrons. The summed E-state index contributed by atoms with van der Waals surface area (Å²) in [4.78, 5) is 36.1. The summed E-state index contributed by atoms with van der Waals surface area (Å²) in [6.07, 6.45) is 13.4. The number of amides is 2. The van der Waals surface area contributed by atoms with Crippen molar-refractivity contribution in [2.24, 2.45) is 5.92 Å². The van der Waals surface area contributed by atoms with Gasteiger partial charge in [0.15, 0.2) is 0 Å². The number of carbonyl (C=O) groups excluding carboxylic acids is 3. The molecule has 29 heavy (non-hydrogen) atoms. The summed E-state index contributed by atoms with van der Waals surface area (Å²) >= 11 is 0. The highest BCUT2D eigenvalue weighted by atomic mass is 16.5. The van der Waals surface area contributed by atoms with E-state index >= 15 is 0 Å². The summed E-state index contributed by atoms with van der Waals surface area (Å²) in [5.74, 6) is -0.351. The minimum absolute atomic E-state index is 0.144. The molecule has 0 aromatic heterocycles. The summed E-state index contributed by atoms with van der Waals surface area (Å²) in [5, 5.41) is 5.49. The quantitative estimate of drug-likeness (QED) is 0.294. The van der Waals surface area contributed by atoms with E-state index in [2.05, 4.69) is 17.6 Å². The van der Waals surface area contributed by atoms with Crippen molar-refractivity contribution in [3.8, 4) is 0 Å². The molecule has 0 bridgehead atoms. The van der Waals surface area contributed by atoms with Crippen LogP contribution in [0, 0.1) is 5.92 Å². The lowest BCUT2D eigenvalue weighted by Gasteiger charge is -2.30. The first-order valence-corrected chi connectivity index (χ1v) is 11.7. The van der Waals surface area contributed by atoms with Crippen LogP contribution in [0.5, 0.6) is 0 Å². The Morgan fingerprint density at radius 1 is 0.862 bits per heavy atom. The first-order chi connectivity index (χ1) is 13.9. The first-order valence-electron chi connectivity index (χ1n) is 11.7. The predicted octanol–water partition coefficient (Wildman–Crippen LogP) is 4.26. The van der Waals surface area contributed by atoms with Gasteiger partial charge in [-0.3, -0.25) is 14.4 Å². The van der Waals surface area contributed by atoms with Gasteiger partial charge in [-0.15, -0.1) is 0 Å². The number of rotatable bonds is 16. The molecule has 1 heterocycles. The molecule has 0 unspecified atom stereocenters. The molecule has 2 N–H and O–H groups in total. The van der Waals surface area contributed by atoms with Crippen molar-refractivity contribution >= 4 is 17.8 Å². The molecule has 0 aromatic rings. The second kappa shape index (κ2) is 15.3. The molecule has 0 saturated carbocycles. The fourth-order valence-electron chi connectivity index (χ4n) is 3.63. The second-order valence-corrected chi connectivity index (χ2v) is 8.69. The van der Waals surface area contributed by atoms with Crippen molar-refractivity contribution in [2.45, 2.75) is 116 Å². The van der Waals surface area contributed by atoms with E-state index in [1.165, 1.54) is 51.4 Å². The lowest BCUT2D eigenvalue weighted by molar-refractivity contribution is -0.145. The highest BCUT2D eigenvalue weighted by Crippen LogP contribution is 2.12. The highest BCUT2D eigenvalue weighted by molar-refractivity contribution is 5.97. The average molecular weight is 411 g/mol. The van der Waals surface area contributed by atoms with Gasteiger partial charge < -0.3 is 15.4 Å². The Hall–Kier alpha value is -1.59. The average Bonchev–Trinajstić information content (AvgIpc) is 2.67. The zero-order valence-corrected chi connectivity index (χ0v) is 18.8. The van der Waals surface area contributed by atoms with Gasteiger partial charge in [-0.1, -0.05) is 78.6 Å². The van der Waals surface area contributed by atoms with Crippen LogP contribution in [0.2, 0.25) is 0 Å². The largest absolute Gasteiger partial charge is 0.466 e. The third kappa shape index (κ3) is 11.9. The van der Waals surface area contributed by atoms with Crippen molar-refractivity contribution in [3.05, 3.63) is 0 Å². The van der Waals surface area contributed by atoms with Crippen LogP contribution < -0.4 is 10.6 Å². The van der Waals surface area contributed by atoms with E-state index < -0.39 is 12.1 Å². The Labute approximate surface area is 176 Å². The maximum Gasteiger partial charge on any atom is 0.305 e. The van der Waals surface area contributed by atoms with Gasteiger partial charge in [-0.05, 0) is 25.2 Å². The smallest absolute Gasteiger partial charge is 0.305 e. The molecule has 2 atom stereocenters. The van der Waals surface area contributed by atoms with Gasteiger partial charge in [0.25, 0.3) is 0 Å². The first kappa shape index (κ1) is 25.4. The minimum atomic E-state index is -0.643. The van der Waals surface area contributed by atoms with Crippen molar-refractivity contribution < 1.29 is 19.1 Å². The lowest BCUT2D eigenvalue weighted by atomic mass is 9.99. The summed E-state index contributed by atoms with van der Waals surface area (Å²) in [7, 11) is 0. The van der Waals surface area contributed by atoms with Gasteiger partial charge in [0.1, 0.15) is 12.1 Å². The van der Waals surface area contributed by atoms with E-state index in [4.69, 9.17) is 4.74 Å². The molecule has 6 heteroatoms. The fraction of sp³-hybridized carbons (Fsp3) is 0.870. The standard InChI is InChI=1S/C23H42N2O4/c1-4-5-6-7-8-9-10-11-12-13-16-29-21(26)15-14-19-22(27)25-20(17-18(2)3)23(28)24-19/h18-20H,4-17H2,1-3H3,(H,24,28)(H,25,27)/t19-,20-/m0/s1. The third-order valence-corrected chi connectivity index (χ3v) is 5.37. The molecule has 1 fully saturated rings. The van der Waals surface area contributed by atoms with Gasteiger partial charge in [0.2, 0.25) is 11.8 Å². The van der Waals surface area contributed by atoms with E-state index in [0.29, 0.717) is 18.9 Å². The van der Waals surface area contributed by atoms with Gasteiger partial charge in [-0.25, -0.2) is 0 Å². The van der Waals surface area contributed by atoms with Crippen molar-refractivity contribution in [3.63, 3.8) is 0 Å². The van der Waals surface area contributed by atoms with Crippen LogP contribution >= 0.6 is 0 Å². The van der Waals surface area contributed by atoms with Gasteiger partial charge >= 0.3 is 5.97 Å². The number of nitrogens with one attached hydrogen (secondary N) is 2. The van der Waals surface area contributed by atoms with Crippen LogP contribution in [0.3, 0.4) is 0 Å². The molecule has 1 aliphatic rings. The number of ether oxygens (including phenoxy) is 1. The number of esters is 1. The summed E-state index contributed by atoms with van der Waals surface area (Å²) in [6, 6.07) is -1.11. The monoisotopic (exact) mass is 410 g/mol. The molecule has 0 aliphatic carbocycles. The minimum Gasteiger partial charge on any atom is -0.466 e.